The molecule has 34 heavy (non-hydrogen) atoms. The van der Waals surface area contributed by atoms with Crippen LogP contribution in [-0.2, 0) is 12.7 Å². The van der Waals surface area contributed by atoms with Crippen LogP contribution in [0.3, 0.4) is 0 Å². The highest BCUT2D eigenvalue weighted by Crippen LogP contribution is 2.29. The van der Waals surface area contributed by atoms with Crippen LogP contribution in [0, 0.1) is 11.3 Å². The number of fused-ring (bicyclic) bond motifs is 1. The molecule has 0 radical (unpaired) electrons. The number of hydrogen-bond donors (Lipinski definition) is 2. The maximum atomic E-state index is 12.8. The van der Waals surface area contributed by atoms with E-state index in [0.717, 1.165) is 34.2 Å². The topological polar surface area (TPSA) is 90.4 Å². The molecule has 0 aliphatic carbocycles. The second-order valence-corrected chi connectivity index (χ2v) is 7.46. The molecule has 0 unspecified atom stereocenters. The summed E-state index contributed by atoms with van der Waals surface area (Å²) in [5, 5.41) is 23.4. The SMILES string of the molecule is N#Cc1cc(C(=O)NN=Cc2cccc3c2ccn3Cc2ccc(C(F)(F)F)cc2)ccc1O. The van der Waals surface area contributed by atoms with Crippen LogP contribution >= 0.6 is 0 Å². The van der Waals surface area contributed by atoms with E-state index in [9.17, 15) is 23.1 Å². The zero-order valence-corrected chi connectivity index (χ0v) is 17.5. The maximum Gasteiger partial charge on any atom is 0.416 e. The number of carbonyl (C=O) groups is 1. The number of alkyl halides is 3. The van der Waals surface area contributed by atoms with Crippen molar-refractivity contribution in [3.05, 3.63) is 101 Å². The summed E-state index contributed by atoms with van der Waals surface area (Å²) in [6, 6.07) is 18.1. The van der Waals surface area contributed by atoms with Gasteiger partial charge in [-0.1, -0.05) is 24.3 Å². The fraction of sp³-hybridized carbons (Fsp3) is 0.0800. The Morgan fingerprint density at radius 3 is 2.59 bits per heavy atom. The molecule has 0 aliphatic rings. The molecule has 4 rings (SSSR count). The molecule has 1 amide bonds. The van der Waals surface area contributed by atoms with Crippen molar-refractivity contribution in [3.63, 3.8) is 0 Å². The monoisotopic (exact) mass is 462 g/mol. The summed E-state index contributed by atoms with van der Waals surface area (Å²) in [5.41, 5.74) is 4.16. The lowest BCUT2D eigenvalue weighted by atomic mass is 10.1. The van der Waals surface area contributed by atoms with E-state index in [1.165, 1.54) is 36.5 Å². The minimum Gasteiger partial charge on any atom is -0.507 e. The number of halogens is 3. The summed E-state index contributed by atoms with van der Waals surface area (Å²) >= 11 is 0. The number of aromatic hydroxyl groups is 1. The van der Waals surface area contributed by atoms with E-state index < -0.39 is 17.6 Å². The molecule has 0 fully saturated rings. The van der Waals surface area contributed by atoms with Crippen LogP contribution in [-0.4, -0.2) is 21.8 Å². The summed E-state index contributed by atoms with van der Waals surface area (Å²) in [6.45, 7) is 0.390. The van der Waals surface area contributed by atoms with Crippen molar-refractivity contribution in [2.24, 2.45) is 5.10 Å². The van der Waals surface area contributed by atoms with Crippen molar-refractivity contribution in [2.75, 3.05) is 0 Å². The Hall–Kier alpha value is -4.58. The van der Waals surface area contributed by atoms with Crippen LogP contribution < -0.4 is 5.43 Å². The summed E-state index contributed by atoms with van der Waals surface area (Å²) in [7, 11) is 0. The second kappa shape index (κ2) is 9.11. The number of hydrazone groups is 1. The molecule has 170 valence electrons. The number of nitrogens with one attached hydrogen (secondary N) is 1. The van der Waals surface area contributed by atoms with Gasteiger partial charge in [-0.05, 0) is 48.0 Å². The van der Waals surface area contributed by atoms with Crippen LogP contribution in [0.1, 0.15) is 32.6 Å². The third-order valence-corrected chi connectivity index (χ3v) is 5.23. The van der Waals surface area contributed by atoms with E-state index >= 15 is 0 Å². The van der Waals surface area contributed by atoms with E-state index in [-0.39, 0.29) is 16.9 Å². The lowest BCUT2D eigenvalue weighted by molar-refractivity contribution is -0.137. The van der Waals surface area contributed by atoms with Crippen molar-refractivity contribution in [1.29, 1.82) is 5.26 Å². The predicted octanol–water partition coefficient (Wildman–Crippen LogP) is 5.05. The maximum absolute atomic E-state index is 12.8. The Balaban J connectivity index is 1.50. The van der Waals surface area contributed by atoms with Gasteiger partial charge < -0.3 is 9.67 Å². The zero-order valence-electron chi connectivity index (χ0n) is 17.5. The van der Waals surface area contributed by atoms with Gasteiger partial charge in [0.1, 0.15) is 11.8 Å². The Bertz CT molecular complexity index is 1430. The van der Waals surface area contributed by atoms with Gasteiger partial charge in [-0.25, -0.2) is 5.43 Å². The molecule has 0 aliphatic heterocycles. The van der Waals surface area contributed by atoms with E-state index in [1.54, 1.807) is 6.07 Å². The first-order valence-corrected chi connectivity index (χ1v) is 10.1. The molecule has 4 aromatic rings. The van der Waals surface area contributed by atoms with E-state index in [0.29, 0.717) is 6.54 Å². The molecule has 2 N–H and O–H groups in total. The van der Waals surface area contributed by atoms with E-state index in [4.69, 9.17) is 5.26 Å². The average molecular weight is 462 g/mol. The number of phenolic OH excluding ortho intramolecular Hbond substituents is 1. The molecule has 0 bridgehead atoms. The van der Waals surface area contributed by atoms with Gasteiger partial charge in [-0.2, -0.15) is 23.5 Å². The predicted molar refractivity (Wildman–Crippen MR) is 120 cm³/mol. The molecule has 0 saturated carbocycles. The normalized spacial score (nSPS) is 11.6. The number of amides is 1. The molecule has 6 nitrogen and oxygen atoms in total. The van der Waals surface area contributed by atoms with Crippen LogP contribution in [0.4, 0.5) is 13.2 Å². The smallest absolute Gasteiger partial charge is 0.416 e. The first-order chi connectivity index (χ1) is 16.3. The quantitative estimate of drug-likeness (QED) is 0.321. The molecule has 0 atom stereocenters. The number of rotatable bonds is 5. The van der Waals surface area contributed by atoms with Crippen molar-refractivity contribution in [3.8, 4) is 11.8 Å². The Morgan fingerprint density at radius 1 is 1.12 bits per heavy atom. The van der Waals surface area contributed by atoms with Gasteiger partial charge in [0.2, 0.25) is 0 Å². The largest absolute Gasteiger partial charge is 0.507 e. The third-order valence-electron chi connectivity index (χ3n) is 5.23. The summed E-state index contributed by atoms with van der Waals surface area (Å²) in [4.78, 5) is 12.3. The van der Waals surface area contributed by atoms with Gasteiger partial charge in [-0.15, -0.1) is 0 Å². The Labute approximate surface area is 192 Å². The Kier molecular flexibility index (Phi) is 6.06. The fourth-order valence-corrected chi connectivity index (χ4v) is 3.49. The number of carbonyl (C=O) groups excluding carboxylic acids is 1. The summed E-state index contributed by atoms with van der Waals surface area (Å²) in [6.07, 6.45) is -1.06. The van der Waals surface area contributed by atoms with Crippen molar-refractivity contribution in [2.45, 2.75) is 12.7 Å². The minimum atomic E-state index is -4.37. The number of aromatic nitrogens is 1. The van der Waals surface area contributed by atoms with Crippen LogP contribution in [0.2, 0.25) is 0 Å². The second-order valence-electron chi connectivity index (χ2n) is 7.46. The molecule has 1 aromatic heterocycles. The highest BCUT2D eigenvalue weighted by atomic mass is 19.4. The van der Waals surface area contributed by atoms with Gasteiger partial charge >= 0.3 is 6.18 Å². The van der Waals surface area contributed by atoms with Gasteiger partial charge in [-0.3, -0.25) is 4.79 Å². The fourth-order valence-electron chi connectivity index (χ4n) is 3.49. The van der Waals surface area contributed by atoms with Crippen molar-refractivity contribution >= 4 is 23.0 Å². The average Bonchev–Trinajstić information content (AvgIpc) is 3.22. The lowest BCUT2D eigenvalue weighted by Crippen LogP contribution is -2.17. The zero-order chi connectivity index (χ0) is 24.3. The van der Waals surface area contributed by atoms with Gasteiger partial charge in [0.15, 0.2) is 0 Å². The number of nitriles is 1. The Morgan fingerprint density at radius 2 is 1.88 bits per heavy atom. The van der Waals surface area contributed by atoms with Crippen LogP contribution in [0.25, 0.3) is 10.9 Å². The summed E-state index contributed by atoms with van der Waals surface area (Å²) < 4.78 is 40.3. The molecular weight excluding hydrogens is 445 g/mol. The molecule has 0 saturated heterocycles. The first-order valence-electron chi connectivity index (χ1n) is 10.1. The highest BCUT2D eigenvalue weighted by Gasteiger charge is 2.29. The van der Waals surface area contributed by atoms with Gasteiger partial charge in [0.05, 0.1) is 17.3 Å². The number of hydrogen-bond acceptors (Lipinski definition) is 4. The molecule has 0 spiro atoms. The van der Waals surface area contributed by atoms with Crippen LogP contribution in [0.15, 0.2) is 78.0 Å². The lowest BCUT2D eigenvalue weighted by Gasteiger charge is -2.09. The number of phenols is 1. The highest BCUT2D eigenvalue weighted by molar-refractivity contribution is 6.00. The molecular formula is C25H17F3N4O2. The molecule has 3 aromatic carbocycles. The minimum absolute atomic E-state index is 0.0178. The first kappa shape index (κ1) is 22.6. The van der Waals surface area contributed by atoms with Crippen molar-refractivity contribution in [1.82, 2.24) is 9.99 Å². The number of benzene rings is 3. The number of nitrogens with zero attached hydrogens (tertiary/aromatic N) is 3. The molecule has 1 heterocycles. The molecule has 9 heteroatoms. The van der Waals surface area contributed by atoms with Gasteiger partial charge in [0.25, 0.3) is 5.91 Å². The van der Waals surface area contributed by atoms with Gasteiger partial charge in [0, 0.05) is 34.8 Å². The van der Waals surface area contributed by atoms with E-state index in [1.807, 2.05) is 35.0 Å². The standard InChI is InChI=1S/C25H17F3N4O2/c26-25(27,28)20-7-4-16(5-8-20)15-32-11-10-21-18(2-1-3-22(21)32)14-30-31-24(34)17-6-9-23(33)19(12-17)13-29/h1-12,14,33H,15H2,(H,31,34). The third kappa shape index (κ3) is 4.76. The van der Waals surface area contributed by atoms with Crippen molar-refractivity contribution < 1.29 is 23.1 Å². The van der Waals surface area contributed by atoms with Crippen LogP contribution in [0.5, 0.6) is 5.75 Å². The summed E-state index contributed by atoms with van der Waals surface area (Å²) in [5.74, 6) is -0.755. The van der Waals surface area contributed by atoms with E-state index in [2.05, 4.69) is 10.5 Å².